The van der Waals surface area contributed by atoms with Gasteiger partial charge in [-0.1, -0.05) is 11.8 Å². The fraction of sp³-hybridized carbons (Fsp3) is 0.412. The van der Waals surface area contributed by atoms with Gasteiger partial charge in [0.1, 0.15) is 5.82 Å². The van der Waals surface area contributed by atoms with Crippen LogP contribution in [0.3, 0.4) is 0 Å². The van der Waals surface area contributed by atoms with Crippen LogP contribution in [0.5, 0.6) is 0 Å². The molecule has 0 aliphatic carbocycles. The van der Waals surface area contributed by atoms with Crippen LogP contribution < -0.4 is 0 Å². The van der Waals surface area contributed by atoms with Crippen LogP contribution in [0, 0.1) is 5.82 Å². The van der Waals surface area contributed by atoms with Gasteiger partial charge in [0.05, 0.1) is 23.7 Å². The highest BCUT2D eigenvalue weighted by atomic mass is 32.2. The van der Waals surface area contributed by atoms with E-state index in [0.717, 1.165) is 15.6 Å². The van der Waals surface area contributed by atoms with Crippen LogP contribution in [0.4, 0.5) is 4.39 Å². The number of benzene rings is 1. The molecule has 0 radical (unpaired) electrons. The van der Waals surface area contributed by atoms with Crippen molar-refractivity contribution in [3.63, 3.8) is 0 Å². The van der Waals surface area contributed by atoms with Crippen molar-refractivity contribution in [3.05, 3.63) is 35.5 Å². The van der Waals surface area contributed by atoms with Gasteiger partial charge in [0.15, 0.2) is 4.34 Å². The quantitative estimate of drug-likeness (QED) is 0.774. The number of ether oxygens (including phenoxy) is 1. The number of nitrogens with zero attached hydrogens (tertiary/aromatic N) is 2. The van der Waals surface area contributed by atoms with Crippen molar-refractivity contribution in [1.29, 1.82) is 0 Å². The lowest BCUT2D eigenvalue weighted by Crippen LogP contribution is -2.48. The maximum Gasteiger partial charge on any atom is 0.233 e. The Bertz CT molecular complexity index is 695. The summed E-state index contributed by atoms with van der Waals surface area (Å²) in [5.41, 5.74) is 1.69. The predicted molar refractivity (Wildman–Crippen MR) is 94.8 cm³/mol. The first-order valence-corrected chi connectivity index (χ1v) is 9.65. The molecular formula is C17H19FN2O2S2. The second-order valence-corrected chi connectivity index (χ2v) is 7.93. The molecule has 2 heterocycles. The van der Waals surface area contributed by atoms with Crippen LogP contribution in [0.1, 0.15) is 13.8 Å². The van der Waals surface area contributed by atoms with Gasteiger partial charge in [-0.2, -0.15) is 0 Å². The van der Waals surface area contributed by atoms with Gasteiger partial charge >= 0.3 is 0 Å². The summed E-state index contributed by atoms with van der Waals surface area (Å²) < 4.78 is 19.5. The molecular weight excluding hydrogens is 347 g/mol. The number of aromatic nitrogens is 1. The van der Waals surface area contributed by atoms with Crippen LogP contribution >= 0.6 is 23.1 Å². The Morgan fingerprint density at radius 1 is 1.33 bits per heavy atom. The highest BCUT2D eigenvalue weighted by molar-refractivity contribution is 8.01. The molecule has 0 N–H and O–H groups in total. The first-order chi connectivity index (χ1) is 11.5. The predicted octanol–water partition coefficient (Wildman–Crippen LogP) is 3.68. The molecule has 1 aromatic carbocycles. The van der Waals surface area contributed by atoms with Crippen molar-refractivity contribution < 1.29 is 13.9 Å². The molecule has 1 saturated heterocycles. The Morgan fingerprint density at radius 2 is 2.00 bits per heavy atom. The van der Waals surface area contributed by atoms with E-state index in [1.54, 1.807) is 12.1 Å². The molecule has 2 atom stereocenters. The molecule has 4 nitrogen and oxygen atoms in total. The van der Waals surface area contributed by atoms with Crippen molar-refractivity contribution >= 4 is 29.0 Å². The first-order valence-electron chi connectivity index (χ1n) is 7.79. The van der Waals surface area contributed by atoms with Crippen LogP contribution in [0.15, 0.2) is 34.0 Å². The number of hydrogen-bond acceptors (Lipinski definition) is 5. The van der Waals surface area contributed by atoms with Gasteiger partial charge in [0.25, 0.3) is 0 Å². The molecule has 1 fully saturated rings. The van der Waals surface area contributed by atoms with E-state index in [1.165, 1.54) is 35.2 Å². The van der Waals surface area contributed by atoms with E-state index in [2.05, 4.69) is 4.98 Å². The highest BCUT2D eigenvalue weighted by Crippen LogP contribution is 2.28. The minimum absolute atomic E-state index is 0.0765. The molecule has 0 saturated carbocycles. The van der Waals surface area contributed by atoms with Crippen LogP contribution in [-0.4, -0.2) is 46.8 Å². The lowest BCUT2D eigenvalue weighted by Gasteiger charge is -2.35. The van der Waals surface area contributed by atoms with E-state index in [0.29, 0.717) is 18.8 Å². The summed E-state index contributed by atoms with van der Waals surface area (Å²) in [4.78, 5) is 18.7. The van der Waals surface area contributed by atoms with Crippen molar-refractivity contribution in [1.82, 2.24) is 9.88 Å². The highest BCUT2D eigenvalue weighted by Gasteiger charge is 2.25. The number of thioether (sulfide) groups is 1. The van der Waals surface area contributed by atoms with Gasteiger partial charge in [-0.15, -0.1) is 11.3 Å². The Morgan fingerprint density at radius 3 is 2.67 bits per heavy atom. The second-order valence-electron chi connectivity index (χ2n) is 5.85. The summed E-state index contributed by atoms with van der Waals surface area (Å²) in [5, 5.41) is 1.93. The smallest absolute Gasteiger partial charge is 0.233 e. The number of rotatable bonds is 4. The molecule has 3 rings (SSSR count). The number of carbonyl (C=O) groups is 1. The number of amides is 1. The third-order valence-corrected chi connectivity index (χ3v) is 5.72. The van der Waals surface area contributed by atoms with Crippen LogP contribution in [0.2, 0.25) is 0 Å². The maximum atomic E-state index is 13.0. The zero-order valence-electron chi connectivity index (χ0n) is 13.6. The number of morpholine rings is 1. The van der Waals surface area contributed by atoms with E-state index in [-0.39, 0.29) is 23.9 Å². The van der Waals surface area contributed by atoms with Gasteiger partial charge in [-0.25, -0.2) is 9.37 Å². The lowest BCUT2D eigenvalue weighted by atomic mass is 10.2. The Hall–Kier alpha value is -1.44. The second kappa shape index (κ2) is 7.63. The van der Waals surface area contributed by atoms with E-state index < -0.39 is 0 Å². The monoisotopic (exact) mass is 366 g/mol. The van der Waals surface area contributed by atoms with Gasteiger partial charge in [0.2, 0.25) is 5.91 Å². The zero-order valence-corrected chi connectivity index (χ0v) is 15.2. The average molecular weight is 366 g/mol. The summed E-state index contributed by atoms with van der Waals surface area (Å²) >= 11 is 2.95. The largest absolute Gasteiger partial charge is 0.372 e. The molecule has 2 aromatic rings. The van der Waals surface area contributed by atoms with Gasteiger partial charge in [-0.05, 0) is 38.1 Å². The Kier molecular flexibility index (Phi) is 5.53. The normalized spacial score (nSPS) is 21.0. The SMILES string of the molecule is C[C@@H]1CN(C(=O)CSc2nc(-c3ccc(F)cc3)cs2)C[C@H](C)O1. The van der Waals surface area contributed by atoms with Crippen molar-refractivity contribution in [2.45, 2.75) is 30.4 Å². The lowest BCUT2D eigenvalue weighted by molar-refractivity contribution is -0.140. The fourth-order valence-corrected chi connectivity index (χ4v) is 4.41. The van der Waals surface area contributed by atoms with Crippen LogP contribution in [0.25, 0.3) is 11.3 Å². The maximum absolute atomic E-state index is 13.0. The van der Waals surface area contributed by atoms with Crippen molar-refractivity contribution in [2.75, 3.05) is 18.8 Å². The van der Waals surface area contributed by atoms with E-state index >= 15 is 0 Å². The first kappa shape index (κ1) is 17.4. The standard InChI is InChI=1S/C17H19FN2O2S2/c1-11-7-20(8-12(2)22-11)16(21)10-24-17-19-15(9-23-17)13-3-5-14(18)6-4-13/h3-6,9,11-12H,7-8,10H2,1-2H3/t11-,12+. The number of hydrogen-bond donors (Lipinski definition) is 0. The molecule has 0 bridgehead atoms. The number of carbonyl (C=O) groups excluding carboxylic acids is 1. The summed E-state index contributed by atoms with van der Waals surface area (Å²) in [6, 6.07) is 6.26. The summed E-state index contributed by atoms with van der Waals surface area (Å²) in [5.74, 6) is 0.221. The zero-order chi connectivity index (χ0) is 17.1. The van der Waals surface area contributed by atoms with Crippen molar-refractivity contribution in [2.24, 2.45) is 0 Å². The third-order valence-electron chi connectivity index (χ3n) is 3.71. The van der Waals surface area contributed by atoms with Gasteiger partial charge in [0, 0.05) is 24.0 Å². The molecule has 1 aliphatic rings. The summed E-state index contributed by atoms with van der Waals surface area (Å²) in [7, 11) is 0. The number of thiazole rings is 1. The van der Waals surface area contributed by atoms with Crippen molar-refractivity contribution in [3.8, 4) is 11.3 Å². The molecule has 0 spiro atoms. The number of halogens is 1. The Labute approximate surface area is 149 Å². The molecule has 128 valence electrons. The molecule has 0 unspecified atom stereocenters. The molecule has 1 aromatic heterocycles. The molecule has 7 heteroatoms. The molecule has 24 heavy (non-hydrogen) atoms. The van der Waals surface area contributed by atoms with E-state index in [9.17, 15) is 9.18 Å². The van der Waals surface area contributed by atoms with E-state index in [4.69, 9.17) is 4.74 Å². The third kappa shape index (κ3) is 4.34. The summed E-state index contributed by atoms with van der Waals surface area (Å²) in [6.45, 7) is 5.25. The topological polar surface area (TPSA) is 42.4 Å². The van der Waals surface area contributed by atoms with Gasteiger partial charge in [-0.3, -0.25) is 4.79 Å². The minimum atomic E-state index is -0.261. The molecule has 1 amide bonds. The summed E-state index contributed by atoms with van der Waals surface area (Å²) in [6.07, 6.45) is 0.153. The van der Waals surface area contributed by atoms with E-state index in [1.807, 2.05) is 24.1 Å². The van der Waals surface area contributed by atoms with Crippen LogP contribution in [-0.2, 0) is 9.53 Å². The Balaban J connectivity index is 1.57. The average Bonchev–Trinajstić information content (AvgIpc) is 3.01. The van der Waals surface area contributed by atoms with Gasteiger partial charge < -0.3 is 9.64 Å². The molecule has 1 aliphatic heterocycles. The minimum Gasteiger partial charge on any atom is -0.372 e. The fourth-order valence-electron chi connectivity index (χ4n) is 2.67.